The van der Waals surface area contributed by atoms with E-state index in [0.29, 0.717) is 25.5 Å². The van der Waals surface area contributed by atoms with Crippen LogP contribution in [0, 0.1) is 6.92 Å². The standard InChI is InChI=1S/C16H23NO2S/c1-13(2)10-19-8-7-17-16(18)12-20-11-15-6-4-5-14(3)9-15/h4-6,9H,1,7-8,10-12H2,2-3H3,(H,17,18). The number of carbonyl (C=O) groups is 1. The molecule has 0 aliphatic carbocycles. The van der Waals surface area contributed by atoms with E-state index in [2.05, 4.69) is 37.0 Å². The molecule has 0 saturated carbocycles. The molecule has 0 heterocycles. The maximum absolute atomic E-state index is 11.6. The molecule has 110 valence electrons. The van der Waals surface area contributed by atoms with Gasteiger partial charge in [-0.1, -0.05) is 42.0 Å². The van der Waals surface area contributed by atoms with Crippen molar-refractivity contribution < 1.29 is 9.53 Å². The molecule has 1 N–H and O–H groups in total. The van der Waals surface area contributed by atoms with E-state index in [-0.39, 0.29) is 5.91 Å². The Kier molecular flexibility index (Phi) is 8.07. The Labute approximate surface area is 125 Å². The monoisotopic (exact) mass is 293 g/mol. The number of nitrogens with one attached hydrogen (secondary N) is 1. The van der Waals surface area contributed by atoms with Gasteiger partial charge in [0.25, 0.3) is 0 Å². The normalized spacial score (nSPS) is 10.3. The van der Waals surface area contributed by atoms with Gasteiger partial charge in [-0.15, -0.1) is 11.8 Å². The fraction of sp³-hybridized carbons (Fsp3) is 0.438. The van der Waals surface area contributed by atoms with Crippen molar-refractivity contribution in [2.75, 3.05) is 25.5 Å². The third kappa shape index (κ3) is 8.02. The number of rotatable bonds is 9. The van der Waals surface area contributed by atoms with E-state index in [0.717, 1.165) is 11.3 Å². The minimum atomic E-state index is 0.0570. The van der Waals surface area contributed by atoms with Crippen molar-refractivity contribution >= 4 is 17.7 Å². The Bertz CT molecular complexity index is 446. The number of benzene rings is 1. The summed E-state index contributed by atoms with van der Waals surface area (Å²) in [6, 6.07) is 8.36. The number of carbonyl (C=O) groups excluding carboxylic acids is 1. The van der Waals surface area contributed by atoms with Crippen LogP contribution in [-0.4, -0.2) is 31.4 Å². The smallest absolute Gasteiger partial charge is 0.230 e. The zero-order valence-corrected chi connectivity index (χ0v) is 13.1. The molecule has 0 radical (unpaired) electrons. The van der Waals surface area contributed by atoms with Crippen LogP contribution in [0.15, 0.2) is 36.4 Å². The van der Waals surface area contributed by atoms with Gasteiger partial charge in [-0.2, -0.15) is 0 Å². The molecule has 1 aromatic rings. The Morgan fingerprint density at radius 1 is 1.45 bits per heavy atom. The van der Waals surface area contributed by atoms with E-state index in [9.17, 15) is 4.79 Å². The first-order chi connectivity index (χ1) is 9.58. The number of ether oxygens (including phenoxy) is 1. The van der Waals surface area contributed by atoms with Crippen molar-refractivity contribution in [2.24, 2.45) is 0 Å². The number of aryl methyl sites for hydroxylation is 1. The average Bonchev–Trinajstić information content (AvgIpc) is 2.38. The summed E-state index contributed by atoms with van der Waals surface area (Å²) in [5, 5.41) is 2.84. The van der Waals surface area contributed by atoms with Crippen LogP contribution in [0.5, 0.6) is 0 Å². The molecule has 4 heteroatoms. The maximum atomic E-state index is 11.6. The average molecular weight is 293 g/mol. The highest BCUT2D eigenvalue weighted by molar-refractivity contribution is 7.99. The lowest BCUT2D eigenvalue weighted by Gasteiger charge is -2.06. The molecule has 0 saturated heterocycles. The number of amides is 1. The molecule has 0 atom stereocenters. The number of hydrogen-bond donors (Lipinski definition) is 1. The maximum Gasteiger partial charge on any atom is 0.230 e. The third-order valence-electron chi connectivity index (χ3n) is 2.50. The van der Waals surface area contributed by atoms with Gasteiger partial charge in [-0.05, 0) is 19.4 Å². The minimum Gasteiger partial charge on any atom is -0.375 e. The van der Waals surface area contributed by atoms with Gasteiger partial charge in [0.2, 0.25) is 5.91 Å². The van der Waals surface area contributed by atoms with Crippen LogP contribution < -0.4 is 5.32 Å². The summed E-state index contributed by atoms with van der Waals surface area (Å²) in [7, 11) is 0. The van der Waals surface area contributed by atoms with Gasteiger partial charge in [-0.25, -0.2) is 0 Å². The van der Waals surface area contributed by atoms with Crippen molar-refractivity contribution in [3.8, 4) is 0 Å². The van der Waals surface area contributed by atoms with Crippen LogP contribution in [0.3, 0.4) is 0 Å². The fourth-order valence-electron chi connectivity index (χ4n) is 1.62. The lowest BCUT2D eigenvalue weighted by atomic mass is 10.2. The summed E-state index contributed by atoms with van der Waals surface area (Å²) in [6.07, 6.45) is 0. The molecule has 0 aliphatic rings. The molecular formula is C16H23NO2S. The predicted molar refractivity (Wildman–Crippen MR) is 86.0 cm³/mol. The zero-order valence-electron chi connectivity index (χ0n) is 12.3. The molecule has 20 heavy (non-hydrogen) atoms. The number of thioether (sulfide) groups is 1. The Balaban J connectivity index is 2.07. The van der Waals surface area contributed by atoms with Gasteiger partial charge in [-0.3, -0.25) is 4.79 Å². The van der Waals surface area contributed by atoms with E-state index in [1.807, 2.05) is 13.0 Å². The quantitative estimate of drug-likeness (QED) is 0.562. The van der Waals surface area contributed by atoms with Crippen LogP contribution in [-0.2, 0) is 15.3 Å². The van der Waals surface area contributed by atoms with E-state index < -0.39 is 0 Å². The first-order valence-electron chi connectivity index (χ1n) is 6.70. The highest BCUT2D eigenvalue weighted by Gasteiger charge is 2.01. The fourth-order valence-corrected chi connectivity index (χ4v) is 2.43. The summed E-state index contributed by atoms with van der Waals surface area (Å²) >= 11 is 1.62. The first kappa shape index (κ1) is 16.8. The molecule has 1 amide bonds. The molecule has 1 aromatic carbocycles. The number of hydrogen-bond acceptors (Lipinski definition) is 3. The zero-order chi connectivity index (χ0) is 14.8. The molecule has 0 spiro atoms. The Hall–Kier alpha value is -1.26. The van der Waals surface area contributed by atoms with Gasteiger partial charge < -0.3 is 10.1 Å². The molecule has 1 rings (SSSR count). The largest absolute Gasteiger partial charge is 0.375 e. The van der Waals surface area contributed by atoms with Gasteiger partial charge in [0.05, 0.1) is 19.0 Å². The molecule has 0 unspecified atom stereocenters. The van der Waals surface area contributed by atoms with Crippen LogP contribution in [0.2, 0.25) is 0 Å². The minimum absolute atomic E-state index is 0.0570. The molecule has 0 aromatic heterocycles. The molecule has 0 fully saturated rings. The topological polar surface area (TPSA) is 38.3 Å². The van der Waals surface area contributed by atoms with E-state index in [4.69, 9.17) is 4.74 Å². The van der Waals surface area contributed by atoms with E-state index in [1.54, 1.807) is 11.8 Å². The Morgan fingerprint density at radius 2 is 2.25 bits per heavy atom. The predicted octanol–water partition coefficient (Wildman–Crippen LogP) is 2.94. The van der Waals surface area contributed by atoms with Crippen LogP contribution >= 0.6 is 11.8 Å². The summed E-state index contributed by atoms with van der Waals surface area (Å²) in [4.78, 5) is 11.6. The van der Waals surface area contributed by atoms with Crippen molar-refractivity contribution in [1.29, 1.82) is 0 Å². The third-order valence-corrected chi connectivity index (χ3v) is 3.51. The van der Waals surface area contributed by atoms with Crippen molar-refractivity contribution in [2.45, 2.75) is 19.6 Å². The second-order valence-corrected chi connectivity index (χ2v) is 5.83. The molecular weight excluding hydrogens is 270 g/mol. The summed E-state index contributed by atoms with van der Waals surface area (Å²) < 4.78 is 5.31. The van der Waals surface area contributed by atoms with Gasteiger partial charge >= 0.3 is 0 Å². The highest BCUT2D eigenvalue weighted by atomic mass is 32.2. The van der Waals surface area contributed by atoms with Gasteiger partial charge in [0.15, 0.2) is 0 Å². The highest BCUT2D eigenvalue weighted by Crippen LogP contribution is 2.13. The second-order valence-electron chi connectivity index (χ2n) is 4.84. The SMILES string of the molecule is C=C(C)COCCNC(=O)CSCc1cccc(C)c1. The van der Waals surface area contributed by atoms with E-state index in [1.165, 1.54) is 11.1 Å². The van der Waals surface area contributed by atoms with Crippen molar-refractivity contribution in [3.05, 3.63) is 47.5 Å². The molecule has 0 bridgehead atoms. The van der Waals surface area contributed by atoms with Crippen LogP contribution in [0.1, 0.15) is 18.1 Å². The van der Waals surface area contributed by atoms with Crippen LogP contribution in [0.4, 0.5) is 0 Å². The van der Waals surface area contributed by atoms with E-state index >= 15 is 0 Å². The molecule has 0 aliphatic heterocycles. The van der Waals surface area contributed by atoms with Crippen LogP contribution in [0.25, 0.3) is 0 Å². The van der Waals surface area contributed by atoms with Crippen molar-refractivity contribution in [1.82, 2.24) is 5.32 Å². The Morgan fingerprint density at radius 3 is 2.95 bits per heavy atom. The lowest BCUT2D eigenvalue weighted by molar-refractivity contribution is -0.118. The summed E-state index contributed by atoms with van der Waals surface area (Å²) in [6.45, 7) is 9.38. The second kappa shape index (κ2) is 9.61. The summed E-state index contributed by atoms with van der Waals surface area (Å²) in [5.41, 5.74) is 3.50. The van der Waals surface area contributed by atoms with Gasteiger partial charge in [0.1, 0.15) is 0 Å². The molecule has 3 nitrogen and oxygen atoms in total. The van der Waals surface area contributed by atoms with Gasteiger partial charge in [0, 0.05) is 12.3 Å². The lowest BCUT2D eigenvalue weighted by Crippen LogP contribution is -2.28. The summed E-state index contributed by atoms with van der Waals surface area (Å²) in [5.74, 6) is 1.40. The first-order valence-corrected chi connectivity index (χ1v) is 7.85. The van der Waals surface area contributed by atoms with Crippen molar-refractivity contribution in [3.63, 3.8) is 0 Å².